The van der Waals surface area contributed by atoms with Crippen LogP contribution in [-0.2, 0) is 0 Å². The molecule has 0 aromatic carbocycles. The van der Waals surface area contributed by atoms with Crippen molar-refractivity contribution in [2.75, 3.05) is 0 Å². The fraction of sp³-hybridized carbons (Fsp3) is 0. The Morgan fingerprint density at radius 3 is 0.185 bits per heavy atom. The summed E-state index contributed by atoms with van der Waals surface area (Å²) in [5.74, 6) is 0. The van der Waals surface area contributed by atoms with Gasteiger partial charge >= 0.3 is 0 Å². The van der Waals surface area contributed by atoms with E-state index in [0.29, 0.717) is 0 Å². The van der Waals surface area contributed by atoms with Gasteiger partial charge in [-0.1, -0.05) is 54.6 Å². The number of aromatic nitrogens is 9. The standard InChI is InChI=1S/9C5H5N/c9*1-2-4-6-5-3-1/h9*1-5H. The van der Waals surface area contributed by atoms with Crippen LogP contribution in [-0.4, -0.2) is 44.9 Å². The summed E-state index contributed by atoms with van der Waals surface area (Å²) in [6.45, 7) is 0. The van der Waals surface area contributed by atoms with E-state index in [1.54, 1.807) is 112 Å². The highest BCUT2D eigenvalue weighted by atomic mass is 14.6. The maximum Gasteiger partial charge on any atom is 0.0267 e. The molecule has 54 heavy (non-hydrogen) atoms. The van der Waals surface area contributed by atoms with Gasteiger partial charge in [0, 0.05) is 112 Å². The van der Waals surface area contributed by atoms with Crippen LogP contribution in [0.5, 0.6) is 0 Å². The third-order valence-corrected chi connectivity index (χ3v) is 5.10. The molecule has 0 unspecified atom stereocenters. The molecule has 9 aromatic heterocycles. The Morgan fingerprint density at radius 1 is 0.0926 bits per heavy atom. The number of hydrogen-bond acceptors (Lipinski definition) is 9. The van der Waals surface area contributed by atoms with E-state index in [4.69, 9.17) is 0 Å². The van der Waals surface area contributed by atoms with Gasteiger partial charge in [0.05, 0.1) is 0 Å². The molecule has 9 heteroatoms. The molecule has 0 N–H and O–H groups in total. The molecule has 9 rings (SSSR count). The van der Waals surface area contributed by atoms with Crippen LogP contribution in [0.4, 0.5) is 0 Å². The van der Waals surface area contributed by atoms with Crippen molar-refractivity contribution >= 4 is 0 Å². The molecule has 0 spiro atoms. The Kier molecular flexibility index (Phi) is 34.1. The third-order valence-electron chi connectivity index (χ3n) is 5.10. The van der Waals surface area contributed by atoms with Crippen molar-refractivity contribution in [2.45, 2.75) is 0 Å². The van der Waals surface area contributed by atoms with Crippen LogP contribution in [0.15, 0.2) is 275 Å². The number of hydrogen-bond donors (Lipinski definition) is 0. The molecule has 0 radical (unpaired) electrons. The molecular formula is C45H45N9. The van der Waals surface area contributed by atoms with Crippen LogP contribution in [0.1, 0.15) is 0 Å². The minimum Gasteiger partial charge on any atom is -0.265 e. The molecule has 0 amide bonds. The Bertz CT molecular complexity index is 1130. The molecule has 0 saturated heterocycles. The molecular weight excluding hydrogens is 667 g/mol. The summed E-state index contributed by atoms with van der Waals surface area (Å²) in [6, 6.07) is 51.4. The molecule has 9 aromatic rings. The van der Waals surface area contributed by atoms with E-state index in [9.17, 15) is 0 Å². The van der Waals surface area contributed by atoms with Crippen molar-refractivity contribution in [3.8, 4) is 0 Å². The minimum absolute atomic E-state index is 1.75. The van der Waals surface area contributed by atoms with Gasteiger partial charge in [-0.05, 0) is 109 Å². The smallest absolute Gasteiger partial charge is 0.0267 e. The van der Waals surface area contributed by atoms with Gasteiger partial charge in [0.25, 0.3) is 0 Å². The second-order valence-corrected chi connectivity index (χ2v) is 9.22. The Hall–Kier alpha value is -7.65. The summed E-state index contributed by atoms with van der Waals surface area (Å²) in [7, 11) is 0. The summed E-state index contributed by atoms with van der Waals surface area (Å²) in [5.41, 5.74) is 0. The SMILES string of the molecule is c1ccncc1.c1ccncc1.c1ccncc1.c1ccncc1.c1ccncc1.c1ccncc1.c1ccncc1.c1ccncc1.c1ccncc1. The summed E-state index contributed by atoms with van der Waals surface area (Å²) in [4.78, 5) is 34.1. The van der Waals surface area contributed by atoms with Crippen LogP contribution < -0.4 is 0 Å². The monoisotopic (exact) mass is 711 g/mol. The first-order valence-corrected chi connectivity index (χ1v) is 16.6. The molecule has 0 aliphatic carbocycles. The summed E-state index contributed by atoms with van der Waals surface area (Å²) in [5, 5.41) is 0. The maximum atomic E-state index is 3.78. The first kappa shape index (κ1) is 44.4. The van der Waals surface area contributed by atoms with E-state index in [-0.39, 0.29) is 0 Å². The van der Waals surface area contributed by atoms with Crippen molar-refractivity contribution in [3.05, 3.63) is 275 Å². The van der Waals surface area contributed by atoms with Gasteiger partial charge < -0.3 is 0 Å². The van der Waals surface area contributed by atoms with E-state index < -0.39 is 0 Å². The van der Waals surface area contributed by atoms with Gasteiger partial charge in [-0.3, -0.25) is 44.9 Å². The molecule has 0 saturated carbocycles. The summed E-state index contributed by atoms with van der Waals surface area (Å²) >= 11 is 0. The van der Waals surface area contributed by atoms with Gasteiger partial charge in [0.1, 0.15) is 0 Å². The molecule has 0 aliphatic heterocycles. The highest BCUT2D eigenvalue weighted by Gasteiger charge is 1.63. The van der Waals surface area contributed by atoms with Gasteiger partial charge in [-0.25, -0.2) is 0 Å². The van der Waals surface area contributed by atoms with Gasteiger partial charge in [-0.2, -0.15) is 0 Å². The van der Waals surface area contributed by atoms with E-state index in [2.05, 4.69) is 44.9 Å². The van der Waals surface area contributed by atoms with E-state index in [1.165, 1.54) is 0 Å². The largest absolute Gasteiger partial charge is 0.265 e. The minimum atomic E-state index is 1.75. The normalized spacial score (nSPS) is 8.00. The maximum absolute atomic E-state index is 3.78. The second kappa shape index (κ2) is 41.5. The van der Waals surface area contributed by atoms with Crippen LogP contribution >= 0.6 is 0 Å². The van der Waals surface area contributed by atoms with E-state index >= 15 is 0 Å². The van der Waals surface area contributed by atoms with Gasteiger partial charge in [0.2, 0.25) is 0 Å². The topological polar surface area (TPSA) is 116 Å². The lowest BCUT2D eigenvalue weighted by atomic mass is 10.5. The van der Waals surface area contributed by atoms with Crippen LogP contribution in [0, 0.1) is 0 Å². The highest BCUT2D eigenvalue weighted by Crippen LogP contribution is 1.78. The fourth-order valence-electron chi connectivity index (χ4n) is 2.81. The van der Waals surface area contributed by atoms with Gasteiger partial charge in [-0.15, -0.1) is 0 Å². The van der Waals surface area contributed by atoms with Crippen LogP contribution in [0.25, 0.3) is 0 Å². The summed E-state index contributed by atoms with van der Waals surface area (Å²) < 4.78 is 0. The lowest BCUT2D eigenvalue weighted by Gasteiger charge is -1.70. The molecule has 0 atom stereocenters. The molecule has 9 nitrogen and oxygen atoms in total. The number of nitrogens with zero attached hydrogens (tertiary/aromatic N) is 9. The molecule has 0 fully saturated rings. The first-order chi connectivity index (χ1) is 27.0. The third kappa shape index (κ3) is 38.8. The predicted molar refractivity (Wildman–Crippen MR) is 218 cm³/mol. The first-order valence-electron chi connectivity index (χ1n) is 16.6. The Balaban J connectivity index is 0.000000304. The highest BCUT2D eigenvalue weighted by molar-refractivity contribution is 4.92. The zero-order valence-corrected chi connectivity index (χ0v) is 30.0. The predicted octanol–water partition coefficient (Wildman–Crippen LogP) is 9.73. The lowest BCUT2D eigenvalue weighted by molar-refractivity contribution is 1.33. The molecule has 0 bridgehead atoms. The Morgan fingerprint density at radius 2 is 0.167 bits per heavy atom. The van der Waals surface area contributed by atoms with Crippen molar-refractivity contribution in [1.29, 1.82) is 0 Å². The molecule has 9 heterocycles. The second-order valence-electron chi connectivity index (χ2n) is 9.22. The van der Waals surface area contributed by atoms with Crippen molar-refractivity contribution in [2.24, 2.45) is 0 Å². The van der Waals surface area contributed by atoms with Gasteiger partial charge in [0.15, 0.2) is 0 Å². The number of rotatable bonds is 0. The van der Waals surface area contributed by atoms with Crippen molar-refractivity contribution in [1.82, 2.24) is 44.9 Å². The van der Waals surface area contributed by atoms with Crippen LogP contribution in [0.3, 0.4) is 0 Å². The number of pyridine rings is 9. The van der Waals surface area contributed by atoms with E-state index in [1.807, 2.05) is 164 Å². The van der Waals surface area contributed by atoms with Crippen molar-refractivity contribution in [3.63, 3.8) is 0 Å². The lowest BCUT2D eigenvalue weighted by Crippen LogP contribution is -1.58. The average molecular weight is 712 g/mol. The summed E-state index contributed by atoms with van der Waals surface area (Å²) in [6.07, 6.45) is 31.5. The fourth-order valence-corrected chi connectivity index (χ4v) is 2.81. The van der Waals surface area contributed by atoms with E-state index in [0.717, 1.165) is 0 Å². The molecule has 0 aliphatic rings. The quantitative estimate of drug-likeness (QED) is 0.152. The zero-order chi connectivity index (χ0) is 38.2. The molecule has 270 valence electrons. The zero-order valence-electron chi connectivity index (χ0n) is 30.0. The van der Waals surface area contributed by atoms with Crippen LogP contribution in [0.2, 0.25) is 0 Å². The Labute approximate surface area is 319 Å². The van der Waals surface area contributed by atoms with Crippen molar-refractivity contribution < 1.29 is 0 Å². The average Bonchev–Trinajstić information content (AvgIpc) is 3.33.